The molecule has 6 aromatic rings. The molecule has 4 aromatic carbocycles. The lowest BCUT2D eigenvalue weighted by molar-refractivity contribution is -0.193. The number of alkyl halides is 9. The first-order valence-corrected chi connectivity index (χ1v) is 31.4. The van der Waals surface area contributed by atoms with Crippen LogP contribution < -0.4 is 16.0 Å². The first-order valence-electron chi connectivity index (χ1n) is 30.6. The maximum atomic E-state index is 10.6. The number of hydrogen-bond donors (Lipinski definition) is 7. The van der Waals surface area contributed by atoms with Crippen molar-refractivity contribution in [2.24, 2.45) is 0 Å². The number of aryl methyl sites for hydroxylation is 4. The second kappa shape index (κ2) is 46.2. The topological polar surface area (TPSA) is 250 Å². The molecule has 0 spiro atoms. The molecule has 2 unspecified atom stereocenters. The van der Waals surface area contributed by atoms with Crippen LogP contribution in [0.4, 0.5) is 50.9 Å². The highest BCUT2D eigenvalue weighted by molar-refractivity contribution is 7.64. The van der Waals surface area contributed by atoms with Gasteiger partial charge in [0.1, 0.15) is 6.29 Å². The number of aromatic nitrogens is 6. The molecule has 4 aliphatic rings. The van der Waals surface area contributed by atoms with Crippen molar-refractivity contribution in [3.05, 3.63) is 141 Å². The van der Waals surface area contributed by atoms with Crippen LogP contribution in [0.2, 0.25) is 10.0 Å². The zero-order valence-electron chi connectivity index (χ0n) is 54.4. The normalized spacial score (nSPS) is 14.7. The summed E-state index contributed by atoms with van der Waals surface area (Å²) in [5.74, 6) is -8.27. The Bertz CT molecular complexity index is 3480. The fraction of sp³-hybridized carbons (Fsp3) is 0.429. The number of fused-ring (bicyclic) bond motifs is 6. The third kappa shape index (κ3) is 30.9. The summed E-state index contributed by atoms with van der Waals surface area (Å²) >= 11 is 12.5. The molecule has 10 radical (unpaired) electrons. The van der Waals surface area contributed by atoms with E-state index < -0.39 is 36.4 Å². The molecule has 530 valence electrons. The van der Waals surface area contributed by atoms with Crippen molar-refractivity contribution < 1.29 is 79.1 Å². The number of carboxylic acids is 3. The minimum absolute atomic E-state index is 0. The molecule has 7 N–H and O–H groups in total. The summed E-state index contributed by atoms with van der Waals surface area (Å²) in [5.41, 5.74) is 16.9. The second-order valence-corrected chi connectivity index (χ2v) is 22.3. The Morgan fingerprint density at radius 1 is 0.630 bits per heavy atom. The van der Waals surface area contributed by atoms with Gasteiger partial charge in [0.05, 0.1) is 34.9 Å². The number of halogens is 11. The van der Waals surface area contributed by atoms with Crippen LogP contribution in [-0.2, 0) is 32.3 Å². The average molecular weight is 1430 g/mol. The molecule has 0 bridgehead atoms. The Labute approximate surface area is 595 Å². The number of anilines is 2. The SMILES string of the molecule is C.C.CCCC=O.CCCCN1CC=C(c2ccc3c(c2)C(Nc2cccc(Cl)c2)CCn2nnc(C)c2-3)CC1.CO.Cc1nnn2c1-c1ccc(C3=CCNCC3)cc1C(Nc1cccc(Cl)c1)CC2.O=C(O)C(F)(F)F.O=C(O)C(F)(F)F.O=C(O)C(F)(F)F.[B][B][B][B][B][B][B][B]. The van der Waals surface area contributed by atoms with Crippen LogP contribution in [0.25, 0.3) is 33.7 Å². The molecule has 18 nitrogen and oxygen atoms in total. The van der Waals surface area contributed by atoms with Gasteiger partial charge in [-0.05, 0) is 147 Å². The number of carbonyl (C=O) groups is 4. The Kier molecular flexibility index (Phi) is 41.9. The molecule has 100 heavy (non-hydrogen) atoms. The number of nitrogens with zero attached hydrogens (tertiary/aromatic N) is 7. The number of carboxylic acid groups (broad SMARTS) is 3. The van der Waals surface area contributed by atoms with Crippen LogP contribution in [0.3, 0.4) is 0 Å². The first kappa shape index (κ1) is 90.7. The molecule has 0 saturated heterocycles. The third-order valence-corrected chi connectivity index (χ3v) is 14.8. The number of aliphatic carboxylic acids is 3. The van der Waals surface area contributed by atoms with Gasteiger partial charge in [-0.25, -0.2) is 23.7 Å². The second-order valence-electron chi connectivity index (χ2n) is 21.4. The smallest absolute Gasteiger partial charge is 0.475 e. The monoisotopic (exact) mass is 1430 g/mol. The summed E-state index contributed by atoms with van der Waals surface area (Å²) in [7, 11) is 21.0. The highest BCUT2D eigenvalue weighted by atomic mass is 35.5. The average Bonchev–Trinajstić information content (AvgIpc) is 1.60. The van der Waals surface area contributed by atoms with Crippen LogP contribution in [0.1, 0.15) is 126 Å². The number of carbonyl (C=O) groups excluding carboxylic acids is 1. The molecular formula is C63H79B8Cl2F9N10O8. The first-order chi connectivity index (χ1) is 46.5. The van der Waals surface area contributed by atoms with Crippen molar-refractivity contribution in [2.45, 2.75) is 138 Å². The van der Waals surface area contributed by atoms with Crippen molar-refractivity contribution in [1.29, 1.82) is 0 Å². The van der Waals surface area contributed by atoms with Crippen molar-refractivity contribution in [3.8, 4) is 22.5 Å². The van der Waals surface area contributed by atoms with E-state index in [1.165, 1.54) is 78.0 Å². The number of aliphatic hydroxyl groups excluding tert-OH is 1. The van der Waals surface area contributed by atoms with Crippen molar-refractivity contribution in [1.82, 2.24) is 40.2 Å². The Morgan fingerprint density at radius 2 is 1.05 bits per heavy atom. The highest BCUT2D eigenvalue weighted by Crippen LogP contribution is 2.41. The number of unbranched alkanes of at least 4 members (excludes halogenated alkanes) is 2. The van der Waals surface area contributed by atoms with Gasteiger partial charge in [-0.2, -0.15) is 39.5 Å². The molecule has 2 atom stereocenters. The van der Waals surface area contributed by atoms with Gasteiger partial charge in [-0.3, -0.25) is 4.90 Å². The standard InChI is InChI=1S/C27H32ClN5.C23H24ClN5.C4H8O.3C2HF3O2.CH4O.2CH4.B8/c1-3-4-13-32-14-10-20(11-15-32)21-8-9-24-25(17-21)26(29-23-7-5-6-22(28)18-23)12-16-33-27(24)19(2)30-31-33;1-15-23-20-6-5-17(16-7-10-25-11-8-16)13-21(20)22(9-12-29(23)28-27-15)26-19-4-2-3-18(24)14-19;1-2-3-4-5;3*3-2(4,5)1(6)7;1-2;;;1-3-5-7-8-6-4-2/h5-10,17-18,26,29H,3-4,11-16H2,1-2H3;2-7,13-14,22,25-26H,8-12H2,1H3;4H,2-3H2,1H3;3*(H,6,7);2H,1H3;2*1H4;. The van der Waals surface area contributed by atoms with Crippen LogP contribution >= 0.6 is 23.2 Å². The molecular weight excluding hydrogens is 1350 g/mol. The van der Waals surface area contributed by atoms with Crippen LogP contribution in [0.15, 0.2) is 97.1 Å². The van der Waals surface area contributed by atoms with Gasteiger partial charge < -0.3 is 41.2 Å². The van der Waals surface area contributed by atoms with E-state index in [0.29, 0.717) is 6.42 Å². The number of aldehydes is 1. The lowest BCUT2D eigenvalue weighted by atomic mass is 8.93. The van der Waals surface area contributed by atoms with Gasteiger partial charge in [0.25, 0.3) is 0 Å². The molecule has 0 amide bonds. The predicted molar refractivity (Wildman–Crippen MR) is 384 cm³/mol. The predicted octanol–water partition coefficient (Wildman–Crippen LogP) is 11.9. The number of benzene rings is 4. The molecule has 2 aromatic heterocycles. The van der Waals surface area contributed by atoms with Gasteiger partial charge in [0.2, 0.25) is 0 Å². The number of rotatable bonds is 16. The minimum Gasteiger partial charge on any atom is -0.475 e. The highest BCUT2D eigenvalue weighted by Gasteiger charge is 2.40. The molecule has 10 rings (SSSR count). The van der Waals surface area contributed by atoms with Crippen molar-refractivity contribution in [2.75, 3.05) is 50.5 Å². The maximum Gasteiger partial charge on any atom is 0.490 e. The van der Waals surface area contributed by atoms with Gasteiger partial charge in [0, 0.05) is 137 Å². The Hall–Kier alpha value is -7.33. The van der Waals surface area contributed by atoms with E-state index in [4.69, 9.17) is 73.5 Å². The van der Waals surface area contributed by atoms with Gasteiger partial charge in [0.15, 0.2) is 0 Å². The van der Waals surface area contributed by atoms with E-state index in [1.807, 2.05) is 54.9 Å². The summed E-state index contributed by atoms with van der Waals surface area (Å²) in [5, 5.41) is 58.2. The van der Waals surface area contributed by atoms with E-state index in [9.17, 15) is 44.3 Å². The van der Waals surface area contributed by atoms with Gasteiger partial charge in [-0.15, -0.1) is 10.2 Å². The van der Waals surface area contributed by atoms with Crippen LogP contribution in [0, 0.1) is 13.8 Å². The lowest BCUT2D eigenvalue weighted by Gasteiger charge is -2.27. The van der Waals surface area contributed by atoms with Crippen LogP contribution in [0.5, 0.6) is 0 Å². The third-order valence-electron chi connectivity index (χ3n) is 14.4. The number of hydrogen-bond acceptors (Lipinski definition) is 13. The minimum atomic E-state index is -5.08. The molecule has 4 aliphatic heterocycles. The Morgan fingerprint density at radius 3 is 1.37 bits per heavy atom. The maximum absolute atomic E-state index is 10.6. The fourth-order valence-electron chi connectivity index (χ4n) is 9.80. The molecule has 0 aliphatic carbocycles. The van der Waals surface area contributed by atoms with E-state index in [-0.39, 0.29) is 26.9 Å². The summed E-state index contributed by atoms with van der Waals surface area (Å²) in [6.07, 6.45) is -1.35. The lowest BCUT2D eigenvalue weighted by Crippen LogP contribution is -2.29. The van der Waals surface area contributed by atoms with Gasteiger partial charge in [-0.1, -0.05) is 117 Å². The molecule has 37 heteroatoms. The summed E-state index contributed by atoms with van der Waals surface area (Å²) < 4.78 is 99.3. The number of nitrogens with one attached hydrogen (secondary N) is 3. The van der Waals surface area contributed by atoms with Crippen molar-refractivity contribution >= 4 is 128 Å². The molecule has 6 heterocycles. The van der Waals surface area contributed by atoms with Crippen LogP contribution in [-0.4, -0.2) is 196 Å². The van der Waals surface area contributed by atoms with E-state index in [0.717, 1.165) is 129 Å². The molecule has 0 saturated carbocycles. The Balaban J connectivity index is 0.000000669. The van der Waals surface area contributed by atoms with E-state index in [2.05, 4.69) is 121 Å². The molecule has 0 fully saturated rings. The van der Waals surface area contributed by atoms with E-state index >= 15 is 0 Å². The van der Waals surface area contributed by atoms with Crippen molar-refractivity contribution in [3.63, 3.8) is 0 Å². The zero-order chi connectivity index (χ0) is 73.2. The van der Waals surface area contributed by atoms with E-state index in [1.54, 1.807) is 28.2 Å². The quantitative estimate of drug-likeness (QED) is 0.0206. The summed E-state index contributed by atoms with van der Waals surface area (Å²) in [6, 6.07) is 30.1. The largest absolute Gasteiger partial charge is 0.490 e. The summed E-state index contributed by atoms with van der Waals surface area (Å²) in [4.78, 5) is 38.7. The fourth-order valence-corrected chi connectivity index (χ4v) is 10.2. The van der Waals surface area contributed by atoms with Gasteiger partial charge >= 0.3 is 36.4 Å². The zero-order valence-corrected chi connectivity index (χ0v) is 55.9. The number of aliphatic hydroxyl groups is 1. The summed E-state index contributed by atoms with van der Waals surface area (Å²) in [6.45, 7) is 15.3.